The predicted molar refractivity (Wildman–Crippen MR) is 78.1 cm³/mol. The van der Waals surface area contributed by atoms with E-state index in [1.54, 1.807) is 6.07 Å². The molecular weight excluding hydrogens is 323 g/mol. The molecule has 20 heavy (non-hydrogen) atoms. The van der Waals surface area contributed by atoms with Crippen molar-refractivity contribution < 1.29 is 13.2 Å². The maximum Gasteiger partial charge on any atom is 0.265 e. The minimum absolute atomic E-state index is 0.0528. The van der Waals surface area contributed by atoms with Gasteiger partial charge in [-0.15, -0.1) is 0 Å². The molecule has 0 unspecified atom stereocenters. The van der Waals surface area contributed by atoms with Crippen LogP contribution in [0.15, 0.2) is 41.4 Å². The Morgan fingerprint density at radius 2 is 2.00 bits per heavy atom. The normalized spacial score (nSPS) is 11.2. The lowest BCUT2D eigenvalue weighted by molar-refractivity contribution is 0.403. The molecule has 1 N–H and O–H groups in total. The van der Waals surface area contributed by atoms with Crippen molar-refractivity contribution in [3.05, 3.63) is 46.7 Å². The van der Waals surface area contributed by atoms with Gasteiger partial charge < -0.3 is 4.74 Å². The fourth-order valence-corrected chi connectivity index (χ4v) is 3.24. The molecule has 0 aliphatic rings. The maximum atomic E-state index is 12.3. The first-order valence-electron chi connectivity index (χ1n) is 5.41. The second kappa shape index (κ2) is 5.87. The molecule has 0 radical (unpaired) electrons. The molecule has 0 bridgehead atoms. The monoisotopic (exact) mass is 332 g/mol. The van der Waals surface area contributed by atoms with E-state index in [1.807, 2.05) is 0 Å². The molecule has 1 heterocycles. The molecule has 1 aromatic carbocycles. The van der Waals surface area contributed by atoms with Crippen molar-refractivity contribution in [1.29, 1.82) is 0 Å². The van der Waals surface area contributed by atoms with Crippen LogP contribution in [0, 0.1) is 0 Å². The fraction of sp³-hybridized carbons (Fsp3) is 0.0833. The Kier molecular flexibility index (Phi) is 4.37. The molecule has 2 rings (SSSR count). The van der Waals surface area contributed by atoms with Gasteiger partial charge in [-0.25, -0.2) is 13.4 Å². The number of hydrogen-bond acceptors (Lipinski definition) is 4. The Hall–Kier alpha value is -1.50. The molecule has 2 aromatic rings. The van der Waals surface area contributed by atoms with Crippen LogP contribution in [0.4, 0.5) is 5.69 Å². The van der Waals surface area contributed by atoms with Crippen molar-refractivity contribution in [2.24, 2.45) is 0 Å². The molecule has 0 aliphatic heterocycles. The number of benzene rings is 1. The molecule has 1 aromatic heterocycles. The van der Waals surface area contributed by atoms with Crippen molar-refractivity contribution in [3.8, 4) is 5.75 Å². The average Bonchev–Trinajstić information content (AvgIpc) is 2.41. The number of nitrogens with one attached hydrogen (secondary N) is 1. The molecule has 0 fully saturated rings. The smallest absolute Gasteiger partial charge is 0.265 e. The summed E-state index contributed by atoms with van der Waals surface area (Å²) < 4.78 is 32.1. The van der Waals surface area contributed by atoms with Gasteiger partial charge in [0, 0.05) is 11.2 Å². The van der Waals surface area contributed by atoms with Crippen molar-refractivity contribution in [1.82, 2.24) is 4.98 Å². The van der Waals surface area contributed by atoms with Gasteiger partial charge in [0.1, 0.15) is 10.6 Å². The largest absolute Gasteiger partial charge is 0.495 e. The van der Waals surface area contributed by atoms with Gasteiger partial charge in [-0.2, -0.15) is 0 Å². The molecule has 8 heteroatoms. The minimum atomic E-state index is -3.88. The van der Waals surface area contributed by atoms with E-state index in [-0.39, 0.29) is 26.5 Å². The minimum Gasteiger partial charge on any atom is -0.495 e. The highest BCUT2D eigenvalue weighted by Crippen LogP contribution is 2.29. The highest BCUT2D eigenvalue weighted by molar-refractivity contribution is 7.92. The van der Waals surface area contributed by atoms with Crippen LogP contribution in [-0.4, -0.2) is 20.5 Å². The van der Waals surface area contributed by atoms with E-state index < -0.39 is 10.0 Å². The number of methoxy groups -OCH3 is 1. The Bertz CT molecular complexity index is 735. The number of ether oxygens (including phenoxy) is 1. The topological polar surface area (TPSA) is 68.3 Å². The van der Waals surface area contributed by atoms with Gasteiger partial charge in [0.15, 0.2) is 5.15 Å². The molecule has 0 saturated carbocycles. The summed E-state index contributed by atoms with van der Waals surface area (Å²) in [5.74, 6) is 0.182. The van der Waals surface area contributed by atoms with Gasteiger partial charge in [0.25, 0.3) is 10.0 Å². The van der Waals surface area contributed by atoms with E-state index in [2.05, 4.69) is 9.71 Å². The van der Waals surface area contributed by atoms with Crippen LogP contribution in [0.2, 0.25) is 10.2 Å². The molecule has 0 amide bonds. The SMILES string of the molecule is COc1ccc(Cl)cc1S(=O)(=O)Nc1cccnc1Cl. The van der Waals surface area contributed by atoms with Crippen molar-refractivity contribution in [2.45, 2.75) is 4.90 Å². The first-order chi connectivity index (χ1) is 9.44. The van der Waals surface area contributed by atoms with E-state index in [0.717, 1.165) is 0 Å². The number of nitrogens with zero attached hydrogens (tertiary/aromatic N) is 1. The summed E-state index contributed by atoms with van der Waals surface area (Å²) in [6.07, 6.45) is 1.46. The molecule has 0 saturated heterocycles. The number of halogens is 2. The summed E-state index contributed by atoms with van der Waals surface area (Å²) in [6.45, 7) is 0. The number of anilines is 1. The Morgan fingerprint density at radius 1 is 1.25 bits per heavy atom. The summed E-state index contributed by atoms with van der Waals surface area (Å²) in [5.41, 5.74) is 0.177. The first-order valence-corrected chi connectivity index (χ1v) is 7.65. The van der Waals surface area contributed by atoms with Gasteiger partial charge in [-0.3, -0.25) is 4.72 Å². The van der Waals surface area contributed by atoms with Crippen LogP contribution in [0.5, 0.6) is 5.75 Å². The molecule has 0 aliphatic carbocycles. The van der Waals surface area contributed by atoms with Crippen molar-refractivity contribution >= 4 is 38.9 Å². The van der Waals surface area contributed by atoms with Crippen LogP contribution in [0.25, 0.3) is 0 Å². The first kappa shape index (κ1) is 14.9. The lowest BCUT2D eigenvalue weighted by Crippen LogP contribution is -2.14. The van der Waals surface area contributed by atoms with Gasteiger partial charge in [0.05, 0.1) is 12.8 Å². The quantitative estimate of drug-likeness (QED) is 0.873. The van der Waals surface area contributed by atoms with E-state index >= 15 is 0 Å². The zero-order valence-electron chi connectivity index (χ0n) is 10.3. The summed E-state index contributed by atoms with van der Waals surface area (Å²) in [4.78, 5) is 3.72. The Labute approximate surface area is 126 Å². The molecule has 0 spiro atoms. The highest BCUT2D eigenvalue weighted by atomic mass is 35.5. The lowest BCUT2D eigenvalue weighted by atomic mass is 10.3. The van der Waals surface area contributed by atoms with E-state index in [4.69, 9.17) is 27.9 Å². The lowest BCUT2D eigenvalue weighted by Gasteiger charge is -2.12. The Morgan fingerprint density at radius 3 is 2.65 bits per heavy atom. The van der Waals surface area contributed by atoms with Crippen molar-refractivity contribution in [3.63, 3.8) is 0 Å². The standard InChI is InChI=1S/C12H10Cl2N2O3S/c1-19-10-5-4-8(13)7-11(10)20(17,18)16-9-3-2-6-15-12(9)14/h2-7,16H,1H3. The average molecular weight is 333 g/mol. The molecular formula is C12H10Cl2N2O3S. The van der Waals surface area contributed by atoms with E-state index in [0.29, 0.717) is 0 Å². The second-order valence-corrected chi connectivity index (χ2v) is 6.19. The highest BCUT2D eigenvalue weighted by Gasteiger charge is 2.21. The number of hydrogen-bond donors (Lipinski definition) is 1. The van der Waals surface area contributed by atoms with E-state index in [1.165, 1.54) is 37.6 Å². The van der Waals surface area contributed by atoms with Crippen LogP contribution >= 0.6 is 23.2 Å². The van der Waals surface area contributed by atoms with Crippen LogP contribution in [0.3, 0.4) is 0 Å². The van der Waals surface area contributed by atoms with Crippen LogP contribution < -0.4 is 9.46 Å². The van der Waals surface area contributed by atoms with Crippen molar-refractivity contribution in [2.75, 3.05) is 11.8 Å². The second-order valence-electron chi connectivity index (χ2n) is 3.74. The van der Waals surface area contributed by atoms with E-state index in [9.17, 15) is 8.42 Å². The number of rotatable bonds is 4. The Balaban J connectivity index is 2.46. The zero-order chi connectivity index (χ0) is 14.8. The van der Waals surface area contributed by atoms with Crippen LogP contribution in [-0.2, 0) is 10.0 Å². The summed E-state index contributed by atoms with van der Waals surface area (Å²) in [7, 11) is -2.51. The molecule has 0 atom stereocenters. The zero-order valence-corrected chi connectivity index (χ0v) is 12.6. The van der Waals surface area contributed by atoms with Gasteiger partial charge in [-0.1, -0.05) is 23.2 Å². The third kappa shape index (κ3) is 3.15. The summed E-state index contributed by atoms with van der Waals surface area (Å²) >= 11 is 11.7. The number of aromatic nitrogens is 1. The van der Waals surface area contributed by atoms with Gasteiger partial charge in [-0.05, 0) is 30.3 Å². The maximum absolute atomic E-state index is 12.3. The predicted octanol–water partition coefficient (Wildman–Crippen LogP) is 3.20. The molecule has 5 nitrogen and oxygen atoms in total. The third-order valence-electron chi connectivity index (χ3n) is 2.42. The fourth-order valence-electron chi connectivity index (χ4n) is 1.52. The van der Waals surface area contributed by atoms with Crippen LogP contribution in [0.1, 0.15) is 0 Å². The van der Waals surface area contributed by atoms with Gasteiger partial charge in [0.2, 0.25) is 0 Å². The molecule has 106 valence electrons. The number of sulfonamides is 1. The van der Waals surface area contributed by atoms with Gasteiger partial charge >= 0.3 is 0 Å². The summed E-state index contributed by atoms with van der Waals surface area (Å²) in [5, 5.41) is 0.334. The number of pyridine rings is 1. The third-order valence-corrected chi connectivity index (χ3v) is 4.34. The summed E-state index contributed by atoms with van der Waals surface area (Å²) in [6, 6.07) is 7.38.